The first-order valence-electron chi connectivity index (χ1n) is 14.5. The van der Waals surface area contributed by atoms with E-state index >= 15 is 0 Å². The van der Waals surface area contributed by atoms with Crippen molar-refractivity contribution in [1.82, 2.24) is 0 Å². The van der Waals surface area contributed by atoms with Crippen molar-refractivity contribution in [3.63, 3.8) is 0 Å². The fourth-order valence-electron chi connectivity index (χ4n) is 10.2. The van der Waals surface area contributed by atoms with Crippen molar-refractivity contribution < 1.29 is 42.6 Å². The minimum Gasteiger partial charge on any atom is -0.544 e. The summed E-state index contributed by atoms with van der Waals surface area (Å²) in [5.41, 5.74) is -3.81. The van der Waals surface area contributed by atoms with E-state index in [9.17, 15) is 37.9 Å². The fraction of sp³-hybridized carbons (Fsp3) is 0.839. The van der Waals surface area contributed by atoms with Crippen LogP contribution in [0.1, 0.15) is 106 Å². The smallest absolute Gasteiger partial charge is 0.320 e. The number of aliphatic carboxylic acids is 1. The highest BCUT2D eigenvalue weighted by molar-refractivity contribution is 5.97. The molecule has 224 valence electrons. The largest absolute Gasteiger partial charge is 0.544 e. The van der Waals surface area contributed by atoms with Crippen LogP contribution >= 0.6 is 0 Å². The van der Waals surface area contributed by atoms with Crippen molar-refractivity contribution in [3.8, 4) is 0 Å². The summed E-state index contributed by atoms with van der Waals surface area (Å²) in [5, 5.41) is 10.5. The summed E-state index contributed by atoms with van der Waals surface area (Å²) < 4.78 is 31.0. The van der Waals surface area contributed by atoms with Gasteiger partial charge < -0.3 is 14.6 Å². The standard InChI is InChI=1S/C31H44F2O7/c1-18(8-9-23(37)40-17-31(32,33)24(38)39)20-11-13-27(4)29(20,6)21(35)16-28(5)26(3)12-10-19(34)14-25(26,2)15-22(36)30(27,28)7/h18,20H,8-17H2,1-7H3,(H,38,39)/p-1/t18?,20-,25+,26+,27-,28-,29+,30+/m1/s1. The van der Waals surface area contributed by atoms with Gasteiger partial charge in [-0.15, -0.1) is 0 Å². The summed E-state index contributed by atoms with van der Waals surface area (Å²) >= 11 is 0. The Kier molecular flexibility index (Phi) is 7.04. The van der Waals surface area contributed by atoms with Gasteiger partial charge in [-0.25, -0.2) is 0 Å². The number of ether oxygens (including phenoxy) is 1. The molecule has 0 saturated heterocycles. The van der Waals surface area contributed by atoms with Gasteiger partial charge in [0.05, 0.1) is 0 Å². The highest BCUT2D eigenvalue weighted by atomic mass is 19.3. The molecule has 0 amide bonds. The number of fused-ring (bicyclic) bond motifs is 5. The van der Waals surface area contributed by atoms with Gasteiger partial charge in [-0.1, -0.05) is 48.5 Å². The van der Waals surface area contributed by atoms with Crippen LogP contribution in [0.5, 0.6) is 0 Å². The number of hydrogen-bond acceptors (Lipinski definition) is 7. The Hall–Kier alpha value is -2.19. The molecule has 0 bridgehead atoms. The lowest BCUT2D eigenvalue weighted by Gasteiger charge is -2.75. The number of alkyl halides is 2. The zero-order valence-electron chi connectivity index (χ0n) is 24.8. The Balaban J connectivity index is 1.61. The van der Waals surface area contributed by atoms with Crippen LogP contribution in [0, 0.1) is 44.3 Å². The fourth-order valence-corrected chi connectivity index (χ4v) is 10.2. The average Bonchev–Trinajstić information content (AvgIpc) is 3.14. The Labute approximate surface area is 235 Å². The van der Waals surface area contributed by atoms with Crippen LogP contribution in [0.25, 0.3) is 0 Å². The molecule has 0 radical (unpaired) electrons. The second kappa shape index (κ2) is 9.15. The first-order chi connectivity index (χ1) is 18.2. The number of rotatable bonds is 7. The molecule has 4 aliphatic rings. The third-order valence-corrected chi connectivity index (χ3v) is 13.5. The van der Waals surface area contributed by atoms with E-state index in [4.69, 9.17) is 0 Å². The second-order valence-corrected chi connectivity index (χ2v) is 14.6. The Morgan fingerprint density at radius 3 is 2.17 bits per heavy atom. The molecule has 4 rings (SSSR count). The van der Waals surface area contributed by atoms with Crippen molar-refractivity contribution in [2.45, 2.75) is 112 Å². The minimum absolute atomic E-state index is 0.107. The van der Waals surface area contributed by atoms with Gasteiger partial charge in [0.15, 0.2) is 6.61 Å². The van der Waals surface area contributed by atoms with E-state index in [-0.39, 0.29) is 53.9 Å². The molecule has 7 nitrogen and oxygen atoms in total. The van der Waals surface area contributed by atoms with Gasteiger partial charge >= 0.3 is 11.9 Å². The highest BCUT2D eigenvalue weighted by Crippen LogP contribution is 2.82. The normalized spacial score (nSPS) is 43.9. The molecule has 0 heterocycles. The topological polar surface area (TPSA) is 118 Å². The highest BCUT2D eigenvalue weighted by Gasteiger charge is 2.81. The number of carbonyl (C=O) groups is 5. The molecule has 0 aromatic carbocycles. The maximum Gasteiger partial charge on any atom is 0.320 e. The molecule has 0 aromatic heterocycles. The van der Waals surface area contributed by atoms with Gasteiger partial charge in [-0.2, -0.15) is 8.78 Å². The molecule has 9 heteroatoms. The van der Waals surface area contributed by atoms with Crippen molar-refractivity contribution in [2.75, 3.05) is 6.61 Å². The number of ketones is 3. The summed E-state index contributed by atoms with van der Waals surface area (Å²) in [6.07, 6.45) is 3.45. The molecule has 0 aliphatic heterocycles. The summed E-state index contributed by atoms with van der Waals surface area (Å²) in [4.78, 5) is 64.0. The van der Waals surface area contributed by atoms with Crippen LogP contribution in [0.2, 0.25) is 0 Å². The molecule has 0 N–H and O–H groups in total. The molecule has 4 saturated carbocycles. The van der Waals surface area contributed by atoms with Gasteiger partial charge in [0.2, 0.25) is 0 Å². The lowest BCUT2D eigenvalue weighted by molar-refractivity contribution is -0.331. The molecular formula is C31H43F2O7-. The Bertz CT molecular complexity index is 1170. The van der Waals surface area contributed by atoms with E-state index in [1.54, 1.807) is 0 Å². The number of carboxylic acid groups (broad SMARTS) is 1. The van der Waals surface area contributed by atoms with Crippen molar-refractivity contribution in [3.05, 3.63) is 0 Å². The van der Waals surface area contributed by atoms with Crippen LogP contribution in [0.15, 0.2) is 0 Å². The number of carboxylic acids is 1. The zero-order chi connectivity index (χ0) is 30.3. The van der Waals surface area contributed by atoms with Crippen molar-refractivity contribution in [2.24, 2.45) is 44.3 Å². The number of carbonyl (C=O) groups excluding carboxylic acids is 5. The first kappa shape index (κ1) is 30.8. The van der Waals surface area contributed by atoms with Gasteiger partial charge in [-0.3, -0.25) is 19.2 Å². The van der Waals surface area contributed by atoms with Crippen LogP contribution < -0.4 is 5.11 Å². The van der Waals surface area contributed by atoms with Gasteiger partial charge in [0, 0.05) is 42.9 Å². The average molecular weight is 566 g/mol. The second-order valence-electron chi connectivity index (χ2n) is 14.6. The molecule has 4 fully saturated rings. The van der Waals surface area contributed by atoms with Crippen LogP contribution in [0.4, 0.5) is 8.78 Å². The van der Waals surface area contributed by atoms with E-state index in [2.05, 4.69) is 39.4 Å². The molecule has 0 spiro atoms. The van der Waals surface area contributed by atoms with E-state index in [0.29, 0.717) is 38.5 Å². The SMILES string of the molecule is CC(CCC(=O)OCC(F)(F)C(=O)[O-])[C@H]1CC[C@@]2(C)[C@]3(C)C(=O)C[C@]4(C)CC(=O)CC[C@]4(C)[C@@]3(C)CC(=O)[C@]12C. The quantitative estimate of drug-likeness (QED) is 0.418. The Morgan fingerprint density at radius 1 is 0.950 bits per heavy atom. The number of halogens is 2. The summed E-state index contributed by atoms with van der Waals surface area (Å²) in [7, 11) is 0. The molecule has 1 unspecified atom stereocenters. The maximum atomic E-state index is 14.4. The number of hydrogen-bond donors (Lipinski definition) is 0. The molecule has 8 atom stereocenters. The predicted molar refractivity (Wildman–Crippen MR) is 139 cm³/mol. The third kappa shape index (κ3) is 3.67. The van der Waals surface area contributed by atoms with Crippen LogP contribution in [-0.4, -0.2) is 41.8 Å². The summed E-state index contributed by atoms with van der Waals surface area (Å²) in [6, 6.07) is 0. The van der Waals surface area contributed by atoms with E-state index in [1.807, 2.05) is 13.8 Å². The molecule has 4 aliphatic carbocycles. The lowest BCUT2D eigenvalue weighted by atomic mass is 9.27. The van der Waals surface area contributed by atoms with Crippen LogP contribution in [-0.2, 0) is 28.7 Å². The molecular weight excluding hydrogens is 522 g/mol. The van der Waals surface area contributed by atoms with Crippen LogP contribution in [0.3, 0.4) is 0 Å². The maximum absolute atomic E-state index is 14.4. The molecule has 0 aromatic rings. The van der Waals surface area contributed by atoms with E-state index in [1.165, 1.54) is 0 Å². The monoisotopic (exact) mass is 565 g/mol. The van der Waals surface area contributed by atoms with Crippen molar-refractivity contribution >= 4 is 29.3 Å². The third-order valence-electron chi connectivity index (χ3n) is 13.5. The number of Topliss-reactive ketones (excluding diaryl/α,β-unsaturated/α-hetero) is 3. The predicted octanol–water partition coefficient (Wildman–Crippen LogP) is 4.48. The Morgan fingerprint density at radius 2 is 1.57 bits per heavy atom. The van der Waals surface area contributed by atoms with E-state index < -0.39 is 51.5 Å². The lowest BCUT2D eigenvalue weighted by Crippen LogP contribution is -2.75. The van der Waals surface area contributed by atoms with Crippen molar-refractivity contribution in [1.29, 1.82) is 0 Å². The van der Waals surface area contributed by atoms with E-state index in [0.717, 1.165) is 0 Å². The summed E-state index contributed by atoms with van der Waals surface area (Å²) in [6.45, 7) is 12.8. The van der Waals surface area contributed by atoms with Gasteiger partial charge in [0.1, 0.15) is 23.3 Å². The molecule has 40 heavy (non-hydrogen) atoms. The minimum atomic E-state index is -4.26. The summed E-state index contributed by atoms with van der Waals surface area (Å²) in [5.74, 6) is -7.68. The van der Waals surface area contributed by atoms with Gasteiger partial charge in [-0.05, 0) is 59.2 Å². The first-order valence-corrected chi connectivity index (χ1v) is 14.5. The van der Waals surface area contributed by atoms with Gasteiger partial charge in [0.25, 0.3) is 0 Å². The zero-order valence-corrected chi connectivity index (χ0v) is 24.8. The number of esters is 1.